The first-order chi connectivity index (χ1) is 9.13. The minimum absolute atomic E-state index is 0.0264. The molecule has 0 saturated carbocycles. The highest BCUT2D eigenvalue weighted by molar-refractivity contribution is 6.31. The Morgan fingerprint density at radius 1 is 1.42 bits per heavy atom. The van der Waals surface area contributed by atoms with Crippen molar-refractivity contribution in [1.82, 2.24) is 9.88 Å². The summed E-state index contributed by atoms with van der Waals surface area (Å²) in [6, 6.07) is 4.01. The number of nitrogens with one attached hydrogen (secondary N) is 1. The SMILES string of the molecule is CCCc1cc(Cl)cc2c(C)c3n(c12)CCNC3=O. The van der Waals surface area contributed by atoms with Gasteiger partial charge in [0.05, 0.1) is 5.52 Å². The van der Waals surface area contributed by atoms with Crippen LogP contribution in [0.2, 0.25) is 5.02 Å². The molecule has 4 heteroatoms. The number of carbonyl (C=O) groups excluding carboxylic acids is 1. The van der Waals surface area contributed by atoms with Gasteiger partial charge in [-0.2, -0.15) is 0 Å². The standard InChI is InChI=1S/C15H17ClN2O/c1-3-4-10-7-11(16)8-12-9(2)13-15(19)17-5-6-18(13)14(10)12/h7-8H,3-6H2,1-2H3,(H,17,19). The van der Waals surface area contributed by atoms with Gasteiger partial charge in [-0.15, -0.1) is 0 Å². The zero-order valence-corrected chi connectivity index (χ0v) is 12.0. The van der Waals surface area contributed by atoms with Crippen LogP contribution in [0.3, 0.4) is 0 Å². The van der Waals surface area contributed by atoms with E-state index in [1.807, 2.05) is 19.1 Å². The van der Waals surface area contributed by atoms with Gasteiger partial charge < -0.3 is 9.88 Å². The highest BCUT2D eigenvalue weighted by atomic mass is 35.5. The Labute approximate surface area is 117 Å². The summed E-state index contributed by atoms with van der Waals surface area (Å²) in [6.45, 7) is 5.70. The summed E-state index contributed by atoms with van der Waals surface area (Å²) in [4.78, 5) is 12.1. The van der Waals surface area contributed by atoms with E-state index in [-0.39, 0.29) is 5.91 Å². The second-order valence-electron chi connectivity index (χ2n) is 5.09. The molecule has 1 N–H and O–H groups in total. The van der Waals surface area contributed by atoms with Gasteiger partial charge in [-0.1, -0.05) is 24.9 Å². The first-order valence-corrected chi connectivity index (χ1v) is 7.10. The average Bonchev–Trinajstić information content (AvgIpc) is 2.65. The zero-order chi connectivity index (χ0) is 13.6. The highest BCUT2D eigenvalue weighted by Gasteiger charge is 2.24. The number of aryl methyl sites for hydroxylation is 2. The molecule has 1 aromatic heterocycles. The molecule has 0 radical (unpaired) electrons. The molecule has 100 valence electrons. The molecular weight excluding hydrogens is 260 g/mol. The Hall–Kier alpha value is -1.48. The second kappa shape index (κ2) is 4.57. The van der Waals surface area contributed by atoms with E-state index in [4.69, 9.17) is 11.6 Å². The number of halogens is 1. The first kappa shape index (κ1) is 12.5. The van der Waals surface area contributed by atoms with Gasteiger partial charge >= 0.3 is 0 Å². The van der Waals surface area contributed by atoms with Crippen LogP contribution in [0.1, 0.15) is 35.0 Å². The molecule has 2 heterocycles. The first-order valence-electron chi connectivity index (χ1n) is 6.73. The lowest BCUT2D eigenvalue weighted by Crippen LogP contribution is -2.35. The molecule has 3 rings (SSSR count). The third kappa shape index (κ3) is 1.84. The lowest BCUT2D eigenvalue weighted by molar-refractivity contribution is 0.0928. The number of hydrogen-bond acceptors (Lipinski definition) is 1. The van der Waals surface area contributed by atoms with Gasteiger partial charge in [-0.05, 0) is 36.6 Å². The van der Waals surface area contributed by atoms with Crippen molar-refractivity contribution in [3.8, 4) is 0 Å². The number of benzene rings is 1. The van der Waals surface area contributed by atoms with Crippen molar-refractivity contribution in [1.29, 1.82) is 0 Å². The molecule has 0 fully saturated rings. The van der Waals surface area contributed by atoms with E-state index >= 15 is 0 Å². The summed E-state index contributed by atoms with van der Waals surface area (Å²) < 4.78 is 2.16. The number of amides is 1. The Morgan fingerprint density at radius 3 is 2.95 bits per heavy atom. The lowest BCUT2D eigenvalue weighted by Gasteiger charge is -2.18. The second-order valence-corrected chi connectivity index (χ2v) is 5.53. The van der Waals surface area contributed by atoms with Gasteiger partial charge in [0.1, 0.15) is 5.69 Å². The van der Waals surface area contributed by atoms with Crippen LogP contribution < -0.4 is 5.32 Å². The van der Waals surface area contributed by atoms with Crippen molar-refractivity contribution in [2.75, 3.05) is 6.54 Å². The van der Waals surface area contributed by atoms with Gasteiger partial charge in [0.15, 0.2) is 0 Å². The highest BCUT2D eigenvalue weighted by Crippen LogP contribution is 2.32. The monoisotopic (exact) mass is 276 g/mol. The molecule has 0 bridgehead atoms. The Balaban J connectivity index is 2.39. The molecule has 1 aliphatic heterocycles. The molecule has 0 saturated heterocycles. The fourth-order valence-corrected chi connectivity index (χ4v) is 3.28. The Bertz CT molecular complexity index is 673. The fourth-order valence-electron chi connectivity index (χ4n) is 3.04. The molecule has 0 unspecified atom stereocenters. The Morgan fingerprint density at radius 2 is 2.21 bits per heavy atom. The molecule has 2 aromatic rings. The summed E-state index contributed by atoms with van der Waals surface area (Å²) in [7, 11) is 0. The minimum atomic E-state index is 0.0264. The minimum Gasteiger partial charge on any atom is -0.349 e. The maximum Gasteiger partial charge on any atom is 0.268 e. The predicted molar refractivity (Wildman–Crippen MR) is 78.0 cm³/mol. The molecule has 0 aliphatic carbocycles. The van der Waals surface area contributed by atoms with E-state index in [1.165, 1.54) is 11.1 Å². The van der Waals surface area contributed by atoms with Gasteiger partial charge in [0.2, 0.25) is 0 Å². The zero-order valence-electron chi connectivity index (χ0n) is 11.2. The van der Waals surface area contributed by atoms with E-state index in [1.54, 1.807) is 0 Å². The van der Waals surface area contributed by atoms with Crippen molar-refractivity contribution in [2.45, 2.75) is 33.2 Å². The van der Waals surface area contributed by atoms with Gasteiger partial charge in [0.25, 0.3) is 5.91 Å². The average molecular weight is 277 g/mol. The number of nitrogens with zero attached hydrogens (tertiary/aromatic N) is 1. The van der Waals surface area contributed by atoms with Gasteiger partial charge in [0, 0.05) is 23.5 Å². The van der Waals surface area contributed by atoms with E-state index in [2.05, 4.69) is 16.8 Å². The summed E-state index contributed by atoms with van der Waals surface area (Å²) >= 11 is 6.22. The van der Waals surface area contributed by atoms with Crippen LogP contribution in [0, 0.1) is 6.92 Å². The summed E-state index contributed by atoms with van der Waals surface area (Å²) in [5.74, 6) is 0.0264. The van der Waals surface area contributed by atoms with Gasteiger partial charge in [-0.25, -0.2) is 0 Å². The van der Waals surface area contributed by atoms with Crippen LogP contribution >= 0.6 is 11.6 Å². The fraction of sp³-hybridized carbons (Fsp3) is 0.400. The van der Waals surface area contributed by atoms with Crippen LogP contribution in [-0.2, 0) is 13.0 Å². The summed E-state index contributed by atoms with van der Waals surface area (Å²) in [5, 5.41) is 4.78. The van der Waals surface area contributed by atoms with Crippen molar-refractivity contribution < 1.29 is 4.79 Å². The van der Waals surface area contributed by atoms with E-state index in [9.17, 15) is 4.79 Å². The van der Waals surface area contributed by atoms with Crippen LogP contribution in [0.4, 0.5) is 0 Å². The summed E-state index contributed by atoms with van der Waals surface area (Å²) in [5.41, 5.74) is 4.26. The quantitative estimate of drug-likeness (QED) is 0.897. The van der Waals surface area contributed by atoms with Crippen LogP contribution in [0.25, 0.3) is 10.9 Å². The van der Waals surface area contributed by atoms with Crippen molar-refractivity contribution in [2.24, 2.45) is 0 Å². The smallest absolute Gasteiger partial charge is 0.268 e. The Kier molecular flexibility index (Phi) is 3.02. The van der Waals surface area contributed by atoms with Crippen molar-refractivity contribution >= 4 is 28.4 Å². The maximum absolute atomic E-state index is 12.1. The molecule has 0 atom stereocenters. The van der Waals surface area contributed by atoms with Crippen LogP contribution in [0.5, 0.6) is 0 Å². The number of rotatable bonds is 2. The van der Waals surface area contributed by atoms with Crippen LogP contribution in [-0.4, -0.2) is 17.0 Å². The molecular formula is C15H17ClN2O. The predicted octanol–water partition coefficient (Wildman–Crippen LogP) is 3.30. The van der Waals surface area contributed by atoms with E-state index in [0.717, 1.165) is 41.1 Å². The van der Waals surface area contributed by atoms with E-state index < -0.39 is 0 Å². The summed E-state index contributed by atoms with van der Waals surface area (Å²) in [6.07, 6.45) is 2.06. The number of hydrogen-bond donors (Lipinski definition) is 1. The molecule has 1 amide bonds. The third-order valence-corrected chi connectivity index (χ3v) is 4.03. The van der Waals surface area contributed by atoms with Crippen LogP contribution in [0.15, 0.2) is 12.1 Å². The van der Waals surface area contributed by atoms with Crippen molar-refractivity contribution in [3.63, 3.8) is 0 Å². The molecule has 3 nitrogen and oxygen atoms in total. The molecule has 1 aliphatic rings. The third-order valence-electron chi connectivity index (χ3n) is 3.81. The normalized spacial score (nSPS) is 14.6. The lowest BCUT2D eigenvalue weighted by atomic mass is 10.0. The molecule has 0 spiro atoms. The molecule has 19 heavy (non-hydrogen) atoms. The number of aromatic nitrogens is 1. The van der Waals surface area contributed by atoms with E-state index in [0.29, 0.717) is 6.54 Å². The topological polar surface area (TPSA) is 34.0 Å². The number of fused-ring (bicyclic) bond motifs is 3. The number of carbonyl (C=O) groups is 1. The largest absolute Gasteiger partial charge is 0.349 e. The van der Waals surface area contributed by atoms with Gasteiger partial charge in [-0.3, -0.25) is 4.79 Å². The van der Waals surface area contributed by atoms with Crippen molar-refractivity contribution in [3.05, 3.63) is 34.0 Å². The molecule has 1 aromatic carbocycles. The maximum atomic E-state index is 12.1.